The maximum Gasteiger partial charge on any atom is 0.141 e. The molecule has 0 saturated heterocycles. The van der Waals surface area contributed by atoms with E-state index in [1.165, 1.54) is 0 Å². The van der Waals surface area contributed by atoms with Crippen LogP contribution in [-0.2, 0) is 0 Å². The van der Waals surface area contributed by atoms with E-state index in [9.17, 15) is 0 Å². The van der Waals surface area contributed by atoms with E-state index >= 15 is 0 Å². The van der Waals surface area contributed by atoms with Crippen LogP contribution in [0.1, 0.15) is 13.8 Å². The predicted molar refractivity (Wildman–Crippen MR) is 38.2 cm³/mol. The molecular formula is C7H13N2. The van der Waals surface area contributed by atoms with Gasteiger partial charge in [-0.05, 0) is 13.8 Å². The lowest BCUT2D eigenvalue weighted by molar-refractivity contribution is 0.326. The zero-order valence-corrected chi connectivity index (χ0v) is 6.20. The van der Waals surface area contributed by atoms with Gasteiger partial charge in [0.25, 0.3) is 0 Å². The molecule has 0 N–H and O–H groups in total. The lowest BCUT2D eigenvalue weighted by atomic mass is 10.4. The Labute approximate surface area is 56.8 Å². The van der Waals surface area contributed by atoms with Gasteiger partial charge in [0.05, 0.1) is 0 Å². The van der Waals surface area contributed by atoms with Crippen molar-refractivity contribution in [2.24, 2.45) is 0 Å². The van der Waals surface area contributed by atoms with E-state index in [-0.39, 0.29) is 0 Å². The molecule has 0 saturated carbocycles. The van der Waals surface area contributed by atoms with Gasteiger partial charge >= 0.3 is 0 Å². The molecule has 2 nitrogen and oxygen atoms in total. The monoisotopic (exact) mass is 125 g/mol. The summed E-state index contributed by atoms with van der Waals surface area (Å²) >= 11 is 0. The average Bonchev–Trinajstić information content (AvgIpc) is 2.14. The molecule has 0 fully saturated rings. The standard InChI is InChI=1S/C7H13N2/c1-7(2)9-5-4-8(3)6-9/h4-7H,1-3H3. The summed E-state index contributed by atoms with van der Waals surface area (Å²) < 4.78 is 0. The van der Waals surface area contributed by atoms with Gasteiger partial charge in [-0.3, -0.25) is 0 Å². The number of rotatable bonds is 1. The Kier molecular flexibility index (Phi) is 1.65. The van der Waals surface area contributed by atoms with Gasteiger partial charge in [-0.1, -0.05) is 0 Å². The first-order chi connectivity index (χ1) is 4.20. The Morgan fingerprint density at radius 2 is 1.89 bits per heavy atom. The van der Waals surface area contributed by atoms with E-state index in [0.29, 0.717) is 6.04 Å². The molecule has 0 bridgehead atoms. The second-order valence-corrected chi connectivity index (χ2v) is 2.62. The molecule has 0 unspecified atom stereocenters. The van der Waals surface area contributed by atoms with Gasteiger partial charge in [-0.25, -0.2) is 0 Å². The number of hydrogen-bond acceptors (Lipinski definition) is 2. The molecule has 2 heteroatoms. The molecule has 1 aliphatic rings. The Morgan fingerprint density at radius 1 is 1.22 bits per heavy atom. The summed E-state index contributed by atoms with van der Waals surface area (Å²) in [4.78, 5) is 4.21. The van der Waals surface area contributed by atoms with E-state index < -0.39 is 0 Å². The van der Waals surface area contributed by atoms with E-state index in [1.807, 2.05) is 18.1 Å². The molecule has 0 aromatic heterocycles. The second kappa shape index (κ2) is 2.29. The third-order valence-electron chi connectivity index (χ3n) is 1.39. The van der Waals surface area contributed by atoms with Crippen molar-refractivity contribution in [3.63, 3.8) is 0 Å². The van der Waals surface area contributed by atoms with Crippen molar-refractivity contribution in [1.82, 2.24) is 9.80 Å². The summed E-state index contributed by atoms with van der Waals surface area (Å²) in [6.07, 6.45) is 4.12. The minimum Gasteiger partial charge on any atom is -0.356 e. The van der Waals surface area contributed by atoms with Crippen LogP contribution in [0.4, 0.5) is 0 Å². The lowest BCUT2D eigenvalue weighted by Crippen LogP contribution is -2.23. The summed E-state index contributed by atoms with van der Waals surface area (Å²) in [7, 11) is 2.03. The van der Waals surface area contributed by atoms with Gasteiger partial charge in [0.1, 0.15) is 6.67 Å². The molecule has 0 amide bonds. The number of nitrogens with zero attached hydrogens (tertiary/aromatic N) is 2. The van der Waals surface area contributed by atoms with Gasteiger partial charge in [-0.2, -0.15) is 0 Å². The molecule has 51 valence electrons. The maximum atomic E-state index is 2.17. The first kappa shape index (κ1) is 6.46. The van der Waals surface area contributed by atoms with Gasteiger partial charge in [-0.15, -0.1) is 0 Å². The van der Waals surface area contributed by atoms with Crippen molar-refractivity contribution in [3.05, 3.63) is 19.1 Å². The zero-order chi connectivity index (χ0) is 6.85. The van der Waals surface area contributed by atoms with Crippen LogP contribution < -0.4 is 0 Å². The summed E-state index contributed by atoms with van der Waals surface area (Å²) in [5.41, 5.74) is 0. The molecular weight excluding hydrogens is 112 g/mol. The van der Waals surface area contributed by atoms with Gasteiger partial charge in [0.2, 0.25) is 0 Å². The fourth-order valence-electron chi connectivity index (χ4n) is 0.775. The van der Waals surface area contributed by atoms with Gasteiger partial charge in [0, 0.05) is 25.5 Å². The van der Waals surface area contributed by atoms with Crippen molar-refractivity contribution in [3.8, 4) is 0 Å². The largest absolute Gasteiger partial charge is 0.356 e. The summed E-state index contributed by atoms with van der Waals surface area (Å²) in [6, 6.07) is 0.575. The summed E-state index contributed by atoms with van der Waals surface area (Å²) in [6.45, 7) is 6.41. The van der Waals surface area contributed by atoms with Crippen LogP contribution in [0.3, 0.4) is 0 Å². The van der Waals surface area contributed by atoms with E-state index in [4.69, 9.17) is 0 Å². The van der Waals surface area contributed by atoms with Gasteiger partial charge in [0.15, 0.2) is 0 Å². The Bertz CT molecular complexity index is 118. The fraction of sp³-hybridized carbons (Fsp3) is 0.571. The highest BCUT2D eigenvalue weighted by Gasteiger charge is 2.10. The van der Waals surface area contributed by atoms with Crippen molar-refractivity contribution >= 4 is 0 Å². The smallest absolute Gasteiger partial charge is 0.141 e. The van der Waals surface area contributed by atoms with E-state index in [2.05, 4.69) is 31.6 Å². The summed E-state index contributed by atoms with van der Waals surface area (Å²) in [5, 5.41) is 0. The predicted octanol–water partition coefficient (Wildman–Crippen LogP) is 1.23. The molecule has 1 rings (SSSR count). The molecule has 1 heterocycles. The van der Waals surface area contributed by atoms with Crippen LogP contribution >= 0.6 is 0 Å². The fourth-order valence-corrected chi connectivity index (χ4v) is 0.775. The molecule has 1 radical (unpaired) electrons. The molecule has 0 spiro atoms. The average molecular weight is 125 g/mol. The van der Waals surface area contributed by atoms with Crippen LogP contribution in [0.5, 0.6) is 0 Å². The second-order valence-electron chi connectivity index (χ2n) is 2.62. The first-order valence-corrected chi connectivity index (χ1v) is 3.23. The highest BCUT2D eigenvalue weighted by atomic mass is 15.3. The Hall–Kier alpha value is -0.660. The minimum atomic E-state index is 0.575. The SMILES string of the molecule is CC(C)N1[CH]N(C)C=C1. The third kappa shape index (κ3) is 1.37. The van der Waals surface area contributed by atoms with Crippen LogP contribution in [0.15, 0.2) is 12.4 Å². The maximum absolute atomic E-state index is 2.17. The first-order valence-electron chi connectivity index (χ1n) is 3.23. The normalized spacial score (nSPS) is 18.2. The molecule has 0 atom stereocenters. The van der Waals surface area contributed by atoms with Crippen molar-refractivity contribution in [2.45, 2.75) is 19.9 Å². The van der Waals surface area contributed by atoms with Crippen LogP contribution in [0.2, 0.25) is 0 Å². The van der Waals surface area contributed by atoms with E-state index in [1.54, 1.807) is 0 Å². The molecule has 0 aromatic carbocycles. The highest BCUT2D eigenvalue weighted by molar-refractivity contribution is 4.96. The van der Waals surface area contributed by atoms with Crippen LogP contribution in [0, 0.1) is 6.67 Å². The summed E-state index contributed by atoms with van der Waals surface area (Å²) in [5.74, 6) is 0. The Morgan fingerprint density at radius 3 is 2.11 bits per heavy atom. The number of hydrogen-bond donors (Lipinski definition) is 0. The zero-order valence-electron chi connectivity index (χ0n) is 6.20. The molecule has 9 heavy (non-hydrogen) atoms. The highest BCUT2D eigenvalue weighted by Crippen LogP contribution is 2.11. The molecule has 1 aliphatic heterocycles. The van der Waals surface area contributed by atoms with Crippen molar-refractivity contribution in [1.29, 1.82) is 0 Å². The van der Waals surface area contributed by atoms with Crippen LogP contribution in [-0.4, -0.2) is 22.9 Å². The topological polar surface area (TPSA) is 6.48 Å². The molecule has 0 aromatic rings. The van der Waals surface area contributed by atoms with E-state index in [0.717, 1.165) is 0 Å². The Balaban J connectivity index is 2.41. The van der Waals surface area contributed by atoms with Crippen LogP contribution in [0.25, 0.3) is 0 Å². The minimum absolute atomic E-state index is 0.575. The van der Waals surface area contributed by atoms with Crippen molar-refractivity contribution in [2.75, 3.05) is 7.05 Å². The van der Waals surface area contributed by atoms with Crippen molar-refractivity contribution < 1.29 is 0 Å². The molecule has 0 aliphatic carbocycles. The lowest BCUT2D eigenvalue weighted by Gasteiger charge is -2.20. The quantitative estimate of drug-likeness (QED) is 0.520. The third-order valence-corrected chi connectivity index (χ3v) is 1.39. The van der Waals surface area contributed by atoms with Gasteiger partial charge < -0.3 is 9.80 Å².